The first-order valence-electron chi connectivity index (χ1n) is 7.83. The van der Waals surface area contributed by atoms with Crippen molar-refractivity contribution in [1.29, 1.82) is 0 Å². The molecule has 0 bridgehead atoms. The molecule has 1 N–H and O–H groups in total. The van der Waals surface area contributed by atoms with Crippen LogP contribution in [0.4, 0.5) is 10.1 Å². The van der Waals surface area contributed by atoms with E-state index in [4.69, 9.17) is 0 Å². The molecule has 0 atom stereocenters. The summed E-state index contributed by atoms with van der Waals surface area (Å²) in [6.07, 6.45) is 0. The smallest absolute Gasteiger partial charge is 0.258 e. The van der Waals surface area contributed by atoms with Gasteiger partial charge in [-0.15, -0.1) is 0 Å². The Morgan fingerprint density at radius 2 is 1.76 bits per heavy atom. The number of halogens is 1. The maximum Gasteiger partial charge on any atom is 0.258 e. The van der Waals surface area contributed by atoms with E-state index in [0.29, 0.717) is 23.4 Å². The van der Waals surface area contributed by atoms with E-state index in [1.54, 1.807) is 26.8 Å². The van der Waals surface area contributed by atoms with Crippen LogP contribution in [0, 0.1) is 19.7 Å². The van der Waals surface area contributed by atoms with Crippen molar-refractivity contribution >= 4 is 21.6 Å². The van der Waals surface area contributed by atoms with Crippen molar-refractivity contribution < 1.29 is 17.6 Å². The average Bonchev–Trinajstić information content (AvgIpc) is 2.59. The van der Waals surface area contributed by atoms with Crippen LogP contribution in [-0.2, 0) is 10.0 Å². The largest absolute Gasteiger partial charge is 0.309 e. The standard InChI is InChI=1S/C18H21FN2O3S/c1-5-21(16-8-6-15(19)7-9-16)18(22)14-10-12(2)13(3)17(11-14)25(23,24)20-4/h6-11,20H,5H2,1-4H3. The van der Waals surface area contributed by atoms with Crippen LogP contribution in [0.1, 0.15) is 28.4 Å². The highest BCUT2D eigenvalue weighted by molar-refractivity contribution is 7.89. The van der Waals surface area contributed by atoms with Gasteiger partial charge in [0.05, 0.1) is 4.90 Å². The van der Waals surface area contributed by atoms with Crippen molar-refractivity contribution in [2.75, 3.05) is 18.5 Å². The SMILES string of the molecule is CCN(C(=O)c1cc(C)c(C)c(S(=O)(=O)NC)c1)c1ccc(F)cc1. The molecule has 0 aromatic heterocycles. The number of rotatable bonds is 5. The normalized spacial score (nSPS) is 11.4. The van der Waals surface area contributed by atoms with E-state index in [2.05, 4.69) is 4.72 Å². The van der Waals surface area contributed by atoms with Gasteiger partial charge < -0.3 is 4.90 Å². The van der Waals surface area contributed by atoms with E-state index >= 15 is 0 Å². The van der Waals surface area contributed by atoms with Gasteiger partial charge >= 0.3 is 0 Å². The zero-order valence-electron chi connectivity index (χ0n) is 14.6. The molecule has 0 saturated heterocycles. The van der Waals surface area contributed by atoms with Crippen LogP contribution in [-0.4, -0.2) is 27.9 Å². The molecule has 2 aromatic carbocycles. The second kappa shape index (κ2) is 7.33. The third-order valence-electron chi connectivity index (χ3n) is 4.12. The Morgan fingerprint density at radius 3 is 2.28 bits per heavy atom. The summed E-state index contributed by atoms with van der Waals surface area (Å²) in [5.74, 6) is -0.731. The third kappa shape index (κ3) is 3.88. The van der Waals surface area contributed by atoms with Crippen molar-refractivity contribution in [2.45, 2.75) is 25.7 Å². The predicted octanol–water partition coefficient (Wildman–Crippen LogP) is 3.02. The first kappa shape index (κ1) is 19.1. The summed E-state index contributed by atoms with van der Waals surface area (Å²) in [7, 11) is -2.35. The molecule has 0 aliphatic heterocycles. The summed E-state index contributed by atoms with van der Waals surface area (Å²) in [5, 5.41) is 0. The molecule has 2 rings (SSSR count). The molecule has 5 nitrogen and oxygen atoms in total. The fraction of sp³-hybridized carbons (Fsp3) is 0.278. The van der Waals surface area contributed by atoms with Crippen molar-refractivity contribution in [1.82, 2.24) is 4.72 Å². The quantitative estimate of drug-likeness (QED) is 0.887. The van der Waals surface area contributed by atoms with Crippen LogP contribution in [0.5, 0.6) is 0 Å². The predicted molar refractivity (Wildman–Crippen MR) is 95.9 cm³/mol. The number of nitrogens with zero attached hydrogens (tertiary/aromatic N) is 1. The fourth-order valence-electron chi connectivity index (χ4n) is 2.56. The molecular formula is C18H21FN2O3S. The number of amides is 1. The highest BCUT2D eigenvalue weighted by atomic mass is 32.2. The topological polar surface area (TPSA) is 66.5 Å². The Labute approximate surface area is 147 Å². The summed E-state index contributed by atoms with van der Waals surface area (Å²) in [5.41, 5.74) is 2.11. The molecule has 1 amide bonds. The lowest BCUT2D eigenvalue weighted by Crippen LogP contribution is -2.31. The third-order valence-corrected chi connectivity index (χ3v) is 5.67. The summed E-state index contributed by atoms with van der Waals surface area (Å²) in [6, 6.07) is 8.64. The number of sulfonamides is 1. The summed E-state index contributed by atoms with van der Waals surface area (Å²) in [4.78, 5) is 14.5. The van der Waals surface area contributed by atoms with Gasteiger partial charge in [-0.05, 0) is 75.3 Å². The molecule has 0 aliphatic carbocycles. The molecule has 0 saturated carbocycles. The molecule has 0 unspecified atom stereocenters. The molecule has 134 valence electrons. The zero-order valence-corrected chi connectivity index (χ0v) is 15.4. The van der Waals surface area contributed by atoms with Gasteiger partial charge in [0.1, 0.15) is 5.82 Å². The minimum atomic E-state index is -3.68. The van der Waals surface area contributed by atoms with Gasteiger partial charge in [-0.3, -0.25) is 4.79 Å². The second-order valence-electron chi connectivity index (χ2n) is 5.65. The van der Waals surface area contributed by atoms with Crippen molar-refractivity contribution in [3.8, 4) is 0 Å². The van der Waals surface area contributed by atoms with E-state index in [1.807, 2.05) is 0 Å². The van der Waals surface area contributed by atoms with Crippen LogP contribution in [0.25, 0.3) is 0 Å². The highest BCUT2D eigenvalue weighted by Crippen LogP contribution is 2.24. The van der Waals surface area contributed by atoms with E-state index < -0.39 is 10.0 Å². The van der Waals surface area contributed by atoms with Crippen LogP contribution >= 0.6 is 0 Å². The molecule has 0 spiro atoms. The van der Waals surface area contributed by atoms with E-state index in [-0.39, 0.29) is 22.2 Å². The van der Waals surface area contributed by atoms with Crippen molar-refractivity contribution in [3.63, 3.8) is 0 Å². The summed E-state index contributed by atoms with van der Waals surface area (Å²) in [6.45, 7) is 5.62. The maximum atomic E-state index is 13.1. The highest BCUT2D eigenvalue weighted by Gasteiger charge is 2.22. The maximum absolute atomic E-state index is 13.1. The lowest BCUT2D eigenvalue weighted by Gasteiger charge is -2.22. The zero-order chi connectivity index (χ0) is 18.8. The number of carbonyl (C=O) groups is 1. The minimum absolute atomic E-state index is 0.0773. The van der Waals surface area contributed by atoms with Crippen molar-refractivity contribution in [3.05, 3.63) is 58.9 Å². The number of aryl methyl sites for hydroxylation is 1. The average molecular weight is 364 g/mol. The lowest BCUT2D eigenvalue weighted by molar-refractivity contribution is 0.0988. The molecule has 0 heterocycles. The molecule has 7 heteroatoms. The Kier molecular flexibility index (Phi) is 5.59. The molecule has 0 fully saturated rings. The van der Waals surface area contributed by atoms with Gasteiger partial charge in [0.2, 0.25) is 10.0 Å². The number of hydrogen-bond donors (Lipinski definition) is 1. The Morgan fingerprint density at radius 1 is 1.16 bits per heavy atom. The fourth-order valence-corrected chi connectivity index (χ4v) is 3.63. The molecule has 2 aromatic rings. The summed E-state index contributed by atoms with van der Waals surface area (Å²) < 4.78 is 39.8. The molecule has 0 aliphatic rings. The van der Waals surface area contributed by atoms with E-state index in [9.17, 15) is 17.6 Å². The monoisotopic (exact) mass is 364 g/mol. The number of nitrogens with one attached hydrogen (secondary N) is 1. The van der Waals surface area contributed by atoms with Gasteiger partial charge in [-0.2, -0.15) is 0 Å². The van der Waals surface area contributed by atoms with Crippen LogP contribution in [0.2, 0.25) is 0 Å². The van der Waals surface area contributed by atoms with Crippen LogP contribution < -0.4 is 9.62 Å². The number of anilines is 1. The van der Waals surface area contributed by atoms with Gasteiger partial charge in [0, 0.05) is 17.8 Å². The number of carbonyl (C=O) groups excluding carboxylic acids is 1. The minimum Gasteiger partial charge on any atom is -0.309 e. The van der Waals surface area contributed by atoms with Gasteiger partial charge in [0.15, 0.2) is 0 Å². The van der Waals surface area contributed by atoms with Crippen LogP contribution in [0.15, 0.2) is 41.3 Å². The van der Waals surface area contributed by atoms with Crippen LogP contribution in [0.3, 0.4) is 0 Å². The van der Waals surface area contributed by atoms with Gasteiger partial charge in [0.25, 0.3) is 5.91 Å². The lowest BCUT2D eigenvalue weighted by atomic mass is 10.0. The van der Waals surface area contributed by atoms with E-state index in [0.717, 1.165) is 0 Å². The molecular weight excluding hydrogens is 343 g/mol. The molecule has 25 heavy (non-hydrogen) atoms. The number of hydrogen-bond acceptors (Lipinski definition) is 3. The van der Waals surface area contributed by atoms with E-state index in [1.165, 1.54) is 42.3 Å². The Hall–Kier alpha value is -2.25. The van der Waals surface area contributed by atoms with Gasteiger partial charge in [-0.25, -0.2) is 17.5 Å². The van der Waals surface area contributed by atoms with Gasteiger partial charge in [-0.1, -0.05) is 0 Å². The Balaban J connectivity index is 2.53. The summed E-state index contributed by atoms with van der Waals surface area (Å²) >= 11 is 0. The Bertz CT molecular complexity index is 893. The number of benzene rings is 2. The van der Waals surface area contributed by atoms with Crippen molar-refractivity contribution in [2.24, 2.45) is 0 Å². The second-order valence-corrected chi connectivity index (χ2v) is 7.50. The molecule has 0 radical (unpaired) electrons. The first-order valence-corrected chi connectivity index (χ1v) is 9.31. The first-order chi connectivity index (χ1) is 11.7.